The van der Waals surface area contributed by atoms with E-state index in [9.17, 15) is 23.1 Å². The molecule has 6 nitrogen and oxygen atoms in total. The summed E-state index contributed by atoms with van der Waals surface area (Å²) in [6, 6.07) is 17.8. The van der Waals surface area contributed by atoms with Gasteiger partial charge in [-0.1, -0.05) is 18.2 Å². The topological polar surface area (TPSA) is 80.7 Å². The second kappa shape index (κ2) is 11.1. The highest BCUT2D eigenvalue weighted by molar-refractivity contribution is 5.93. The number of alkyl halides is 3. The van der Waals surface area contributed by atoms with Gasteiger partial charge in [-0.25, -0.2) is 9.78 Å². The molecule has 9 heteroatoms. The fourth-order valence-corrected chi connectivity index (χ4v) is 4.16. The van der Waals surface area contributed by atoms with Gasteiger partial charge in [0, 0.05) is 18.0 Å². The number of aromatic nitrogens is 1. The van der Waals surface area contributed by atoms with E-state index in [2.05, 4.69) is 10.3 Å². The summed E-state index contributed by atoms with van der Waals surface area (Å²) in [7, 11) is 1.60. The van der Waals surface area contributed by atoms with Gasteiger partial charge in [0.2, 0.25) is 0 Å². The van der Waals surface area contributed by atoms with E-state index in [0.29, 0.717) is 34.1 Å². The molecular formula is C29H27F3N2O4. The number of hydrogen-bond donors (Lipinski definition) is 2. The molecular weight excluding hydrogens is 497 g/mol. The van der Waals surface area contributed by atoms with E-state index in [1.54, 1.807) is 44.4 Å². The molecule has 0 amide bonds. The van der Waals surface area contributed by atoms with Gasteiger partial charge < -0.3 is 19.9 Å². The first kappa shape index (κ1) is 26.9. The molecule has 0 aliphatic carbocycles. The Kier molecular flexibility index (Phi) is 7.87. The number of rotatable bonds is 9. The maximum absolute atomic E-state index is 13.7. The lowest BCUT2D eigenvalue weighted by molar-refractivity contribution is -0.137. The number of carboxylic acids is 1. The molecule has 0 fully saturated rings. The smallest absolute Gasteiger partial charge is 0.416 e. The second-order valence-corrected chi connectivity index (χ2v) is 8.91. The third-order valence-corrected chi connectivity index (χ3v) is 6.19. The summed E-state index contributed by atoms with van der Waals surface area (Å²) in [4.78, 5) is 15.5. The van der Waals surface area contributed by atoms with Crippen LogP contribution in [-0.4, -0.2) is 36.3 Å². The first-order valence-corrected chi connectivity index (χ1v) is 11.9. The van der Waals surface area contributed by atoms with Crippen LogP contribution in [0.1, 0.15) is 40.1 Å². The Hall–Kier alpha value is -4.11. The maximum Gasteiger partial charge on any atom is 0.416 e. The van der Waals surface area contributed by atoms with Crippen molar-refractivity contribution in [2.75, 3.05) is 20.3 Å². The molecule has 0 aliphatic rings. The van der Waals surface area contributed by atoms with Crippen molar-refractivity contribution in [3.05, 3.63) is 89.1 Å². The van der Waals surface area contributed by atoms with E-state index in [-0.39, 0.29) is 24.1 Å². The van der Waals surface area contributed by atoms with Crippen molar-refractivity contribution in [3.8, 4) is 22.6 Å². The number of nitrogens with zero attached hydrogens (tertiary/aromatic N) is 1. The molecule has 0 radical (unpaired) electrons. The van der Waals surface area contributed by atoms with Crippen LogP contribution < -0.4 is 14.8 Å². The molecule has 4 aromatic rings. The zero-order chi connectivity index (χ0) is 27.4. The number of hydrogen-bond acceptors (Lipinski definition) is 5. The van der Waals surface area contributed by atoms with Gasteiger partial charge in [-0.05, 0) is 84.6 Å². The van der Waals surface area contributed by atoms with Gasteiger partial charge in [-0.3, -0.25) is 0 Å². The Morgan fingerprint density at radius 3 is 2.53 bits per heavy atom. The van der Waals surface area contributed by atoms with Gasteiger partial charge in [0.1, 0.15) is 18.1 Å². The Bertz CT molecular complexity index is 1470. The van der Waals surface area contributed by atoms with E-state index < -0.39 is 17.7 Å². The van der Waals surface area contributed by atoms with Crippen molar-refractivity contribution in [1.29, 1.82) is 0 Å². The first-order chi connectivity index (χ1) is 18.0. The van der Waals surface area contributed by atoms with Crippen molar-refractivity contribution in [1.82, 2.24) is 10.3 Å². The molecule has 0 spiro atoms. The molecule has 0 saturated heterocycles. The number of carbonyl (C=O) groups is 1. The Labute approximate surface area is 218 Å². The van der Waals surface area contributed by atoms with Crippen LogP contribution in [0.2, 0.25) is 0 Å². The van der Waals surface area contributed by atoms with Crippen molar-refractivity contribution in [3.63, 3.8) is 0 Å². The number of pyridine rings is 1. The first-order valence-electron chi connectivity index (χ1n) is 11.9. The molecule has 2 N–H and O–H groups in total. The van der Waals surface area contributed by atoms with E-state index in [1.165, 1.54) is 0 Å². The largest absolute Gasteiger partial charge is 0.497 e. The number of aryl methyl sites for hydroxylation is 1. The van der Waals surface area contributed by atoms with Crippen LogP contribution in [0.25, 0.3) is 22.0 Å². The third kappa shape index (κ3) is 6.23. The van der Waals surface area contributed by atoms with E-state index >= 15 is 0 Å². The molecule has 38 heavy (non-hydrogen) atoms. The molecule has 1 aromatic heterocycles. The van der Waals surface area contributed by atoms with Crippen LogP contribution in [0.5, 0.6) is 11.5 Å². The van der Waals surface area contributed by atoms with Crippen molar-refractivity contribution in [2.24, 2.45) is 0 Å². The minimum absolute atomic E-state index is 0.0120. The highest BCUT2D eigenvalue weighted by Gasteiger charge is 2.31. The lowest BCUT2D eigenvalue weighted by Crippen LogP contribution is -2.24. The van der Waals surface area contributed by atoms with E-state index in [1.807, 2.05) is 31.2 Å². The van der Waals surface area contributed by atoms with Crippen molar-refractivity contribution < 1.29 is 32.5 Å². The zero-order valence-electron chi connectivity index (χ0n) is 21.1. The fourth-order valence-electron chi connectivity index (χ4n) is 4.16. The predicted octanol–water partition coefficient (Wildman–Crippen LogP) is 6.67. The molecule has 1 atom stereocenters. The second-order valence-electron chi connectivity index (χ2n) is 8.91. The predicted molar refractivity (Wildman–Crippen MR) is 139 cm³/mol. The number of carboxylic acid groups (broad SMARTS) is 1. The van der Waals surface area contributed by atoms with Crippen LogP contribution in [0.3, 0.4) is 0 Å². The molecule has 1 heterocycles. The number of fused-ring (bicyclic) bond motifs is 1. The lowest BCUT2D eigenvalue weighted by Gasteiger charge is -2.17. The van der Waals surface area contributed by atoms with Gasteiger partial charge in [-0.2, -0.15) is 13.2 Å². The average molecular weight is 525 g/mol. The molecule has 0 saturated carbocycles. The summed E-state index contributed by atoms with van der Waals surface area (Å²) in [6.07, 6.45) is -4.56. The number of halogens is 3. The standard InChI is InChI=1S/C29H27F3N2O4/c1-17-11-22-12-20(7-8-26(22)34-27(17)28(35)36)21-13-23(29(30,31)32)16-25(15-21)38-10-9-33-18(2)19-5-4-6-24(14-19)37-3/h4-8,11-16,18,33H,9-10H2,1-3H3,(H,35,36)/t18-/m1/s1. The SMILES string of the molecule is COc1cccc([C@@H](C)NCCOc2cc(-c3ccc4nc(C(=O)O)c(C)cc4c3)cc(C(F)(F)F)c2)c1. The summed E-state index contributed by atoms with van der Waals surface area (Å²) >= 11 is 0. The normalized spacial score (nSPS) is 12.4. The average Bonchev–Trinajstić information content (AvgIpc) is 2.89. The maximum atomic E-state index is 13.7. The number of ether oxygens (including phenoxy) is 2. The minimum Gasteiger partial charge on any atom is -0.497 e. The van der Waals surface area contributed by atoms with Gasteiger partial charge in [0.05, 0.1) is 18.2 Å². The summed E-state index contributed by atoms with van der Waals surface area (Å²) < 4.78 is 52.0. The fraction of sp³-hybridized carbons (Fsp3) is 0.241. The van der Waals surface area contributed by atoms with Crippen molar-refractivity contribution >= 4 is 16.9 Å². The molecule has 198 valence electrons. The number of nitrogens with one attached hydrogen (secondary N) is 1. The van der Waals surface area contributed by atoms with Crippen LogP contribution >= 0.6 is 0 Å². The van der Waals surface area contributed by atoms with Crippen LogP contribution in [0.15, 0.2) is 66.7 Å². The van der Waals surface area contributed by atoms with Gasteiger partial charge in [0.25, 0.3) is 0 Å². The monoisotopic (exact) mass is 524 g/mol. The summed E-state index contributed by atoms with van der Waals surface area (Å²) in [5.41, 5.74) is 1.90. The Morgan fingerprint density at radius 1 is 1.03 bits per heavy atom. The van der Waals surface area contributed by atoms with Crippen LogP contribution in [0, 0.1) is 6.92 Å². The van der Waals surface area contributed by atoms with Crippen LogP contribution in [-0.2, 0) is 6.18 Å². The Morgan fingerprint density at radius 2 is 1.82 bits per heavy atom. The highest BCUT2D eigenvalue weighted by atomic mass is 19.4. The Balaban J connectivity index is 1.54. The van der Waals surface area contributed by atoms with Gasteiger partial charge >= 0.3 is 12.1 Å². The molecule has 0 aliphatic heterocycles. The minimum atomic E-state index is -4.56. The van der Waals surface area contributed by atoms with E-state index in [4.69, 9.17) is 9.47 Å². The quantitative estimate of drug-likeness (QED) is 0.238. The van der Waals surface area contributed by atoms with E-state index in [0.717, 1.165) is 23.4 Å². The summed E-state index contributed by atoms with van der Waals surface area (Å²) in [6.45, 7) is 4.18. The lowest BCUT2D eigenvalue weighted by atomic mass is 9.99. The van der Waals surface area contributed by atoms with Gasteiger partial charge in [0.15, 0.2) is 5.69 Å². The molecule has 0 bridgehead atoms. The number of aromatic carboxylic acids is 1. The summed E-state index contributed by atoms with van der Waals surface area (Å²) in [5.74, 6) is -0.298. The molecule has 4 rings (SSSR count). The zero-order valence-corrected chi connectivity index (χ0v) is 21.1. The summed E-state index contributed by atoms with van der Waals surface area (Å²) in [5, 5.41) is 13.2. The number of benzene rings is 3. The van der Waals surface area contributed by atoms with Crippen molar-refractivity contribution in [2.45, 2.75) is 26.1 Å². The van der Waals surface area contributed by atoms with Crippen LogP contribution in [0.4, 0.5) is 13.2 Å². The number of methoxy groups -OCH3 is 1. The highest BCUT2D eigenvalue weighted by Crippen LogP contribution is 2.36. The third-order valence-electron chi connectivity index (χ3n) is 6.19. The molecule has 0 unspecified atom stereocenters. The molecule has 3 aromatic carbocycles. The van der Waals surface area contributed by atoms with Gasteiger partial charge in [-0.15, -0.1) is 0 Å².